The Hall–Kier alpha value is -1.14. The summed E-state index contributed by atoms with van der Waals surface area (Å²) in [5, 5.41) is 4.77. The smallest absolute Gasteiger partial charge is 0.234 e. The molecule has 1 aromatic heterocycles. The Balaban J connectivity index is 1.86. The van der Waals surface area contributed by atoms with Gasteiger partial charge in [0.05, 0.1) is 11.6 Å². The van der Waals surface area contributed by atoms with Gasteiger partial charge in [0.25, 0.3) is 0 Å². The van der Waals surface area contributed by atoms with E-state index < -0.39 is 0 Å². The standard InChI is InChI=1S/C16H21ClN2O2S/c1-19(11-15(20)18-8-5-9-21-2)10-14-16(17)12-6-3-4-7-13(12)22-14/h3-4,6-7H,5,8-11H2,1-2H3,(H,18,20). The molecular weight excluding hydrogens is 320 g/mol. The zero-order valence-electron chi connectivity index (χ0n) is 12.9. The number of methoxy groups -OCH3 is 1. The summed E-state index contributed by atoms with van der Waals surface area (Å²) in [5.74, 6) is 0.0239. The molecule has 0 fully saturated rings. The number of nitrogens with one attached hydrogen (secondary N) is 1. The SMILES string of the molecule is COCCCNC(=O)CN(C)Cc1sc2ccccc2c1Cl. The number of benzene rings is 1. The molecule has 22 heavy (non-hydrogen) atoms. The molecule has 0 bridgehead atoms. The third-order valence-electron chi connectivity index (χ3n) is 3.28. The lowest BCUT2D eigenvalue weighted by Crippen LogP contribution is -2.35. The van der Waals surface area contributed by atoms with Gasteiger partial charge in [0, 0.05) is 41.8 Å². The predicted molar refractivity (Wildman–Crippen MR) is 92.7 cm³/mol. The van der Waals surface area contributed by atoms with Crippen LogP contribution in [0.1, 0.15) is 11.3 Å². The summed E-state index contributed by atoms with van der Waals surface area (Å²) in [7, 11) is 3.58. The maximum atomic E-state index is 11.8. The van der Waals surface area contributed by atoms with Gasteiger partial charge in [0.1, 0.15) is 0 Å². The number of thiophene rings is 1. The number of hydrogen-bond donors (Lipinski definition) is 1. The minimum Gasteiger partial charge on any atom is -0.385 e. The third-order valence-corrected chi connectivity index (χ3v) is 4.98. The first-order valence-corrected chi connectivity index (χ1v) is 8.41. The number of nitrogens with zero attached hydrogens (tertiary/aromatic N) is 1. The van der Waals surface area contributed by atoms with Crippen LogP contribution < -0.4 is 5.32 Å². The molecule has 4 nitrogen and oxygen atoms in total. The fraction of sp³-hybridized carbons (Fsp3) is 0.438. The van der Waals surface area contributed by atoms with Crippen molar-refractivity contribution in [1.29, 1.82) is 0 Å². The highest BCUT2D eigenvalue weighted by molar-refractivity contribution is 7.19. The number of amides is 1. The Bertz CT molecular complexity index is 630. The second-order valence-electron chi connectivity index (χ2n) is 5.20. The normalized spacial score (nSPS) is 11.3. The van der Waals surface area contributed by atoms with Crippen LogP contribution in [-0.4, -0.2) is 44.7 Å². The van der Waals surface area contributed by atoms with Gasteiger partial charge in [0.2, 0.25) is 5.91 Å². The second kappa shape index (κ2) is 8.48. The second-order valence-corrected chi connectivity index (χ2v) is 6.72. The van der Waals surface area contributed by atoms with Crippen LogP contribution in [0.15, 0.2) is 24.3 Å². The Labute approximate surface area is 140 Å². The van der Waals surface area contributed by atoms with Gasteiger partial charge in [0.15, 0.2) is 0 Å². The molecule has 0 unspecified atom stereocenters. The van der Waals surface area contributed by atoms with Gasteiger partial charge in [-0.3, -0.25) is 9.69 Å². The molecule has 0 aliphatic heterocycles. The average Bonchev–Trinajstić information content (AvgIpc) is 2.80. The average molecular weight is 341 g/mol. The summed E-state index contributed by atoms with van der Waals surface area (Å²) in [6.07, 6.45) is 0.827. The monoisotopic (exact) mass is 340 g/mol. The fourth-order valence-electron chi connectivity index (χ4n) is 2.21. The highest BCUT2D eigenvalue weighted by Gasteiger charge is 2.13. The quantitative estimate of drug-likeness (QED) is 0.751. The van der Waals surface area contributed by atoms with Crippen molar-refractivity contribution in [2.75, 3.05) is 33.9 Å². The van der Waals surface area contributed by atoms with Crippen molar-refractivity contribution in [3.63, 3.8) is 0 Å². The van der Waals surface area contributed by atoms with E-state index in [9.17, 15) is 4.79 Å². The molecule has 0 spiro atoms. The lowest BCUT2D eigenvalue weighted by Gasteiger charge is -2.15. The van der Waals surface area contributed by atoms with Crippen LogP contribution in [0.2, 0.25) is 5.02 Å². The van der Waals surface area contributed by atoms with Crippen LogP contribution in [0, 0.1) is 0 Å². The number of rotatable bonds is 8. The van der Waals surface area contributed by atoms with Crippen LogP contribution in [0.4, 0.5) is 0 Å². The number of fused-ring (bicyclic) bond motifs is 1. The molecular formula is C16H21ClN2O2S. The fourth-order valence-corrected chi connectivity index (χ4v) is 3.79. The highest BCUT2D eigenvalue weighted by Crippen LogP contribution is 2.35. The van der Waals surface area contributed by atoms with E-state index in [1.807, 2.05) is 30.1 Å². The van der Waals surface area contributed by atoms with E-state index in [0.29, 0.717) is 26.2 Å². The Morgan fingerprint density at radius 2 is 2.18 bits per heavy atom. The lowest BCUT2D eigenvalue weighted by atomic mass is 10.2. The van der Waals surface area contributed by atoms with Gasteiger partial charge in [-0.05, 0) is 19.5 Å². The summed E-state index contributed by atoms with van der Waals surface area (Å²) in [6, 6.07) is 8.09. The molecule has 6 heteroatoms. The molecule has 1 aromatic carbocycles. The largest absolute Gasteiger partial charge is 0.385 e. The van der Waals surface area contributed by atoms with Crippen molar-refractivity contribution in [2.24, 2.45) is 0 Å². The van der Waals surface area contributed by atoms with Crippen LogP contribution in [0.25, 0.3) is 10.1 Å². The van der Waals surface area contributed by atoms with E-state index in [1.54, 1.807) is 18.4 Å². The number of ether oxygens (including phenoxy) is 1. The molecule has 0 aliphatic carbocycles. The van der Waals surface area contributed by atoms with Crippen molar-refractivity contribution in [2.45, 2.75) is 13.0 Å². The molecule has 0 saturated carbocycles. The molecule has 1 N–H and O–H groups in total. The summed E-state index contributed by atoms with van der Waals surface area (Å²) in [6.45, 7) is 2.33. The van der Waals surface area contributed by atoms with E-state index in [1.165, 1.54) is 4.70 Å². The van der Waals surface area contributed by atoms with Crippen molar-refractivity contribution < 1.29 is 9.53 Å². The van der Waals surface area contributed by atoms with Gasteiger partial charge < -0.3 is 10.1 Å². The molecule has 2 rings (SSSR count). The maximum Gasteiger partial charge on any atom is 0.234 e. The zero-order chi connectivity index (χ0) is 15.9. The van der Waals surface area contributed by atoms with E-state index in [2.05, 4.69) is 11.4 Å². The number of carbonyl (C=O) groups is 1. The molecule has 1 heterocycles. The van der Waals surface area contributed by atoms with Crippen molar-refractivity contribution in [3.05, 3.63) is 34.2 Å². The van der Waals surface area contributed by atoms with Gasteiger partial charge in [-0.2, -0.15) is 0 Å². The minimum atomic E-state index is 0.0239. The van der Waals surface area contributed by atoms with Crippen molar-refractivity contribution in [3.8, 4) is 0 Å². The van der Waals surface area contributed by atoms with Crippen molar-refractivity contribution in [1.82, 2.24) is 10.2 Å². The van der Waals surface area contributed by atoms with Gasteiger partial charge in [-0.25, -0.2) is 0 Å². The zero-order valence-corrected chi connectivity index (χ0v) is 14.5. The molecule has 1 amide bonds. The summed E-state index contributed by atoms with van der Waals surface area (Å²) >= 11 is 8.11. The maximum absolute atomic E-state index is 11.8. The number of hydrogen-bond acceptors (Lipinski definition) is 4. The molecule has 120 valence electrons. The summed E-state index contributed by atoms with van der Waals surface area (Å²) in [5.41, 5.74) is 0. The highest BCUT2D eigenvalue weighted by atomic mass is 35.5. The first-order valence-electron chi connectivity index (χ1n) is 7.22. The minimum absolute atomic E-state index is 0.0239. The van der Waals surface area contributed by atoms with E-state index >= 15 is 0 Å². The molecule has 0 atom stereocenters. The van der Waals surface area contributed by atoms with Gasteiger partial charge in [-0.15, -0.1) is 11.3 Å². The molecule has 0 aliphatic rings. The summed E-state index contributed by atoms with van der Waals surface area (Å²) in [4.78, 5) is 14.9. The lowest BCUT2D eigenvalue weighted by molar-refractivity contribution is -0.122. The molecule has 0 saturated heterocycles. The van der Waals surface area contributed by atoms with Crippen LogP contribution in [0.3, 0.4) is 0 Å². The van der Waals surface area contributed by atoms with E-state index in [-0.39, 0.29) is 5.91 Å². The number of carbonyl (C=O) groups excluding carboxylic acids is 1. The van der Waals surface area contributed by atoms with E-state index in [0.717, 1.165) is 21.7 Å². The number of likely N-dealkylation sites (N-methyl/N-ethyl adjacent to an activating group) is 1. The van der Waals surface area contributed by atoms with Crippen LogP contribution >= 0.6 is 22.9 Å². The number of halogens is 1. The van der Waals surface area contributed by atoms with Crippen LogP contribution in [0.5, 0.6) is 0 Å². The molecule has 2 aromatic rings. The van der Waals surface area contributed by atoms with Gasteiger partial charge in [-0.1, -0.05) is 29.8 Å². The van der Waals surface area contributed by atoms with Gasteiger partial charge >= 0.3 is 0 Å². The first kappa shape index (κ1) is 17.2. The third kappa shape index (κ3) is 4.68. The first-order chi connectivity index (χ1) is 10.6. The summed E-state index contributed by atoms with van der Waals surface area (Å²) < 4.78 is 6.13. The Kier molecular flexibility index (Phi) is 6.64. The Morgan fingerprint density at radius 3 is 2.91 bits per heavy atom. The van der Waals surface area contributed by atoms with E-state index in [4.69, 9.17) is 16.3 Å². The van der Waals surface area contributed by atoms with Crippen LogP contribution in [-0.2, 0) is 16.1 Å². The topological polar surface area (TPSA) is 41.6 Å². The molecule has 0 radical (unpaired) electrons. The van der Waals surface area contributed by atoms with Crippen molar-refractivity contribution >= 4 is 38.9 Å². The predicted octanol–water partition coefficient (Wildman–Crippen LogP) is 3.14. The Morgan fingerprint density at radius 1 is 1.41 bits per heavy atom.